The first-order valence-electron chi connectivity index (χ1n) is 9.44. The van der Waals surface area contributed by atoms with Crippen molar-refractivity contribution >= 4 is 28.8 Å². The fourth-order valence-electron chi connectivity index (χ4n) is 3.48. The SMILES string of the molecule is C#Cc1nc(C(=O)N(c2cc(OC)cc(OC)c2)C2CCN(CC(F)(F)F)C2=O)c(C)s1. The molecule has 1 aliphatic heterocycles. The second kappa shape index (κ2) is 9.08. The highest BCUT2D eigenvalue weighted by Crippen LogP contribution is 2.34. The number of benzene rings is 1. The molecule has 2 heterocycles. The molecule has 7 nitrogen and oxygen atoms in total. The van der Waals surface area contributed by atoms with E-state index < -0.39 is 30.6 Å². The van der Waals surface area contributed by atoms with Gasteiger partial charge in [0.2, 0.25) is 5.91 Å². The molecule has 2 aromatic rings. The van der Waals surface area contributed by atoms with Crippen LogP contribution < -0.4 is 14.4 Å². The molecule has 1 saturated heterocycles. The van der Waals surface area contributed by atoms with Crippen LogP contribution in [-0.4, -0.2) is 61.2 Å². The van der Waals surface area contributed by atoms with E-state index in [0.29, 0.717) is 21.3 Å². The Kier molecular flexibility index (Phi) is 6.64. The zero-order chi connectivity index (χ0) is 23.6. The lowest BCUT2D eigenvalue weighted by Gasteiger charge is -2.28. The number of anilines is 1. The van der Waals surface area contributed by atoms with E-state index in [2.05, 4.69) is 10.9 Å². The molecule has 0 saturated carbocycles. The summed E-state index contributed by atoms with van der Waals surface area (Å²) in [7, 11) is 2.83. The van der Waals surface area contributed by atoms with Crippen molar-refractivity contribution in [3.05, 3.63) is 33.8 Å². The van der Waals surface area contributed by atoms with Gasteiger partial charge in [0.25, 0.3) is 5.91 Å². The Morgan fingerprint density at radius 3 is 2.44 bits per heavy atom. The molecule has 0 spiro atoms. The summed E-state index contributed by atoms with van der Waals surface area (Å²) in [6.07, 6.45) is 0.858. The number of halogens is 3. The van der Waals surface area contributed by atoms with Crippen LogP contribution in [0.2, 0.25) is 0 Å². The maximum Gasteiger partial charge on any atom is 0.406 e. The number of methoxy groups -OCH3 is 2. The number of carbonyl (C=O) groups is 2. The molecule has 0 aliphatic carbocycles. The van der Waals surface area contributed by atoms with Crippen molar-refractivity contribution in [2.75, 3.05) is 32.2 Å². The summed E-state index contributed by atoms with van der Waals surface area (Å²) in [5.74, 6) is 1.60. The van der Waals surface area contributed by atoms with E-state index in [0.717, 1.165) is 16.2 Å². The van der Waals surface area contributed by atoms with Gasteiger partial charge in [-0.1, -0.05) is 0 Å². The van der Waals surface area contributed by atoms with Gasteiger partial charge in [0.05, 0.1) is 19.9 Å². The summed E-state index contributed by atoms with van der Waals surface area (Å²) in [6.45, 7) is 0.130. The van der Waals surface area contributed by atoms with Crippen LogP contribution in [0.15, 0.2) is 18.2 Å². The number of carbonyl (C=O) groups excluding carboxylic acids is 2. The van der Waals surface area contributed by atoms with Crippen LogP contribution in [0.1, 0.15) is 26.8 Å². The molecule has 1 atom stereocenters. The molecule has 32 heavy (non-hydrogen) atoms. The second-order valence-electron chi connectivity index (χ2n) is 6.99. The van der Waals surface area contributed by atoms with E-state index in [1.807, 2.05) is 0 Å². The quantitative estimate of drug-likeness (QED) is 0.610. The van der Waals surface area contributed by atoms with Gasteiger partial charge in [-0.05, 0) is 19.3 Å². The Bertz CT molecular complexity index is 1050. The van der Waals surface area contributed by atoms with E-state index in [-0.39, 0.29) is 29.4 Å². The van der Waals surface area contributed by atoms with Crippen LogP contribution in [0.5, 0.6) is 11.5 Å². The molecule has 1 aromatic heterocycles. The van der Waals surface area contributed by atoms with Gasteiger partial charge in [-0.3, -0.25) is 14.5 Å². The number of alkyl halides is 3. The van der Waals surface area contributed by atoms with Gasteiger partial charge in [-0.15, -0.1) is 17.8 Å². The third-order valence-electron chi connectivity index (χ3n) is 4.91. The lowest BCUT2D eigenvalue weighted by Crippen LogP contribution is -2.47. The summed E-state index contributed by atoms with van der Waals surface area (Å²) in [5, 5.41) is 0.283. The summed E-state index contributed by atoms with van der Waals surface area (Å²) in [5.41, 5.74) is 0.264. The molecular formula is C21H20F3N3O4S. The average Bonchev–Trinajstić information content (AvgIpc) is 3.29. The lowest BCUT2D eigenvalue weighted by molar-refractivity contribution is -0.157. The fraction of sp³-hybridized carbons (Fsp3) is 0.381. The minimum absolute atomic E-state index is 0.0192. The predicted octanol–water partition coefficient (Wildman–Crippen LogP) is 3.26. The minimum atomic E-state index is -4.55. The number of aromatic nitrogens is 1. The molecule has 3 rings (SSSR count). The third kappa shape index (κ3) is 4.80. The number of amides is 2. The highest BCUT2D eigenvalue weighted by molar-refractivity contribution is 7.12. The van der Waals surface area contributed by atoms with Gasteiger partial charge in [-0.25, -0.2) is 4.98 Å². The highest BCUT2D eigenvalue weighted by atomic mass is 32.1. The van der Waals surface area contributed by atoms with Crippen LogP contribution in [-0.2, 0) is 4.79 Å². The van der Waals surface area contributed by atoms with Gasteiger partial charge in [0.1, 0.15) is 29.8 Å². The van der Waals surface area contributed by atoms with E-state index in [9.17, 15) is 22.8 Å². The normalized spacial score (nSPS) is 16.1. The minimum Gasteiger partial charge on any atom is -0.497 e. The lowest BCUT2D eigenvalue weighted by atomic mass is 10.1. The molecule has 1 aliphatic rings. The number of nitrogens with zero attached hydrogens (tertiary/aromatic N) is 3. The van der Waals surface area contributed by atoms with Crippen molar-refractivity contribution in [2.24, 2.45) is 0 Å². The van der Waals surface area contributed by atoms with Crippen LogP contribution in [0.4, 0.5) is 18.9 Å². The molecular weight excluding hydrogens is 447 g/mol. The molecule has 0 bridgehead atoms. The first kappa shape index (κ1) is 23.4. The zero-order valence-corrected chi connectivity index (χ0v) is 18.3. The monoisotopic (exact) mass is 467 g/mol. The van der Waals surface area contributed by atoms with Crippen molar-refractivity contribution in [1.82, 2.24) is 9.88 Å². The Morgan fingerprint density at radius 1 is 1.31 bits per heavy atom. The molecule has 0 radical (unpaired) electrons. The molecule has 11 heteroatoms. The average molecular weight is 467 g/mol. The number of hydrogen-bond donors (Lipinski definition) is 0. The molecule has 0 N–H and O–H groups in total. The van der Waals surface area contributed by atoms with Crippen LogP contribution in [0.3, 0.4) is 0 Å². The Labute approximate surface area is 186 Å². The number of rotatable bonds is 6. The molecule has 170 valence electrons. The Balaban J connectivity index is 2.08. The number of hydrogen-bond acceptors (Lipinski definition) is 6. The standard InChI is InChI=1S/C21H20F3N3O4S/c1-5-17-25-18(12(2)32-17)20(29)27(13-8-14(30-3)10-15(9-13)31-4)16-6-7-26(19(16)28)11-21(22,23)24/h1,8-10,16H,6-7,11H2,2-4H3. The van der Waals surface area contributed by atoms with Gasteiger partial charge < -0.3 is 14.4 Å². The number of ether oxygens (including phenoxy) is 2. The van der Waals surface area contributed by atoms with E-state index >= 15 is 0 Å². The van der Waals surface area contributed by atoms with Crippen molar-refractivity contribution in [3.63, 3.8) is 0 Å². The van der Waals surface area contributed by atoms with E-state index in [4.69, 9.17) is 15.9 Å². The topological polar surface area (TPSA) is 72.0 Å². The van der Waals surface area contributed by atoms with E-state index in [1.54, 1.807) is 13.0 Å². The Morgan fingerprint density at radius 2 is 1.94 bits per heavy atom. The first-order chi connectivity index (χ1) is 15.1. The van der Waals surface area contributed by atoms with Crippen LogP contribution >= 0.6 is 11.3 Å². The maximum absolute atomic E-state index is 13.5. The highest BCUT2D eigenvalue weighted by Gasteiger charge is 2.44. The van der Waals surface area contributed by atoms with Crippen molar-refractivity contribution < 1.29 is 32.2 Å². The summed E-state index contributed by atoms with van der Waals surface area (Å²) >= 11 is 1.13. The number of terminal acetylenes is 1. The summed E-state index contributed by atoms with van der Waals surface area (Å²) in [6, 6.07) is 3.42. The smallest absolute Gasteiger partial charge is 0.406 e. The largest absolute Gasteiger partial charge is 0.497 e. The summed E-state index contributed by atoms with van der Waals surface area (Å²) in [4.78, 5) is 33.0. The predicted molar refractivity (Wildman–Crippen MR) is 112 cm³/mol. The van der Waals surface area contributed by atoms with Gasteiger partial charge in [0.15, 0.2) is 5.01 Å². The van der Waals surface area contributed by atoms with Crippen molar-refractivity contribution in [1.29, 1.82) is 0 Å². The van der Waals surface area contributed by atoms with Crippen LogP contribution in [0.25, 0.3) is 0 Å². The number of aryl methyl sites for hydroxylation is 1. The molecule has 1 fully saturated rings. The third-order valence-corrected chi connectivity index (χ3v) is 5.81. The summed E-state index contributed by atoms with van der Waals surface area (Å²) < 4.78 is 49.2. The zero-order valence-electron chi connectivity index (χ0n) is 17.5. The van der Waals surface area contributed by atoms with Crippen molar-refractivity contribution in [2.45, 2.75) is 25.6 Å². The van der Waals surface area contributed by atoms with Gasteiger partial charge in [0, 0.05) is 29.6 Å². The van der Waals surface area contributed by atoms with Gasteiger partial charge in [-0.2, -0.15) is 13.2 Å². The van der Waals surface area contributed by atoms with Gasteiger partial charge >= 0.3 is 6.18 Å². The molecule has 1 unspecified atom stereocenters. The Hall–Kier alpha value is -3.26. The first-order valence-corrected chi connectivity index (χ1v) is 10.3. The number of likely N-dealkylation sites (tertiary alicyclic amines) is 1. The molecule has 1 aromatic carbocycles. The molecule has 2 amide bonds. The van der Waals surface area contributed by atoms with Crippen molar-refractivity contribution in [3.8, 4) is 23.8 Å². The van der Waals surface area contributed by atoms with E-state index in [1.165, 1.54) is 26.4 Å². The number of thiazole rings is 1. The second-order valence-corrected chi connectivity index (χ2v) is 8.20. The van der Waals surface area contributed by atoms with Crippen LogP contribution in [0, 0.1) is 19.3 Å². The fourth-order valence-corrected chi connectivity index (χ4v) is 4.19. The maximum atomic E-state index is 13.5.